The zero-order valence-corrected chi connectivity index (χ0v) is 10.8. The number of phenolic OH excluding ortho intramolecular Hbond substituents is 1. The van der Waals surface area contributed by atoms with Gasteiger partial charge in [0.05, 0.1) is 6.26 Å². The van der Waals surface area contributed by atoms with Crippen LogP contribution in [0.1, 0.15) is 16.8 Å². The van der Waals surface area contributed by atoms with Gasteiger partial charge in [-0.05, 0) is 30.7 Å². The number of benzene rings is 1. The van der Waals surface area contributed by atoms with Crippen molar-refractivity contribution in [2.24, 2.45) is 0 Å². The summed E-state index contributed by atoms with van der Waals surface area (Å²) in [6, 6.07) is 5.89. The predicted molar refractivity (Wildman–Crippen MR) is 67.9 cm³/mol. The molecule has 1 rings (SSSR count). The van der Waals surface area contributed by atoms with Crippen LogP contribution in [0.15, 0.2) is 24.3 Å². The van der Waals surface area contributed by atoms with Gasteiger partial charge in [0.1, 0.15) is 5.75 Å². The number of aromatic hydroxyl groups is 1. The van der Waals surface area contributed by atoms with E-state index in [1.165, 1.54) is 24.3 Å². The monoisotopic (exact) mass is 272 g/mol. The van der Waals surface area contributed by atoms with Gasteiger partial charge in [-0.2, -0.15) is 0 Å². The van der Waals surface area contributed by atoms with Gasteiger partial charge >= 0.3 is 0 Å². The molecule has 7 heteroatoms. The molecule has 0 saturated carbocycles. The number of carbonyl (C=O) groups excluding carboxylic acids is 1. The van der Waals surface area contributed by atoms with Crippen LogP contribution < -0.4 is 10.0 Å². The quantitative estimate of drug-likeness (QED) is 0.638. The summed E-state index contributed by atoms with van der Waals surface area (Å²) in [7, 11) is -3.17. The number of rotatable bonds is 6. The lowest BCUT2D eigenvalue weighted by Gasteiger charge is -2.05. The second-order valence-corrected chi connectivity index (χ2v) is 5.66. The second kappa shape index (κ2) is 6.36. The molecule has 0 aliphatic heterocycles. The van der Waals surface area contributed by atoms with E-state index in [2.05, 4.69) is 10.0 Å². The molecule has 0 aliphatic rings. The van der Waals surface area contributed by atoms with Crippen LogP contribution in [0.4, 0.5) is 0 Å². The van der Waals surface area contributed by atoms with Crippen LogP contribution in [0.2, 0.25) is 0 Å². The van der Waals surface area contributed by atoms with Crippen molar-refractivity contribution in [2.45, 2.75) is 6.42 Å². The van der Waals surface area contributed by atoms with E-state index in [1.807, 2.05) is 0 Å². The van der Waals surface area contributed by atoms with Gasteiger partial charge in [0, 0.05) is 18.7 Å². The largest absolute Gasteiger partial charge is 0.508 e. The maximum Gasteiger partial charge on any atom is 0.251 e. The molecule has 3 N–H and O–H groups in total. The molecule has 0 aromatic heterocycles. The van der Waals surface area contributed by atoms with Crippen molar-refractivity contribution >= 4 is 15.9 Å². The number of carbonyl (C=O) groups is 1. The van der Waals surface area contributed by atoms with Crippen LogP contribution in [0.3, 0.4) is 0 Å². The van der Waals surface area contributed by atoms with E-state index in [0.717, 1.165) is 6.26 Å². The second-order valence-electron chi connectivity index (χ2n) is 3.82. The summed E-state index contributed by atoms with van der Waals surface area (Å²) in [5.41, 5.74) is 0.448. The fourth-order valence-electron chi connectivity index (χ4n) is 1.26. The molecule has 100 valence electrons. The highest BCUT2D eigenvalue weighted by atomic mass is 32.2. The number of nitrogens with one attached hydrogen (secondary N) is 2. The lowest BCUT2D eigenvalue weighted by atomic mass is 10.2. The molecule has 1 aromatic carbocycles. The lowest BCUT2D eigenvalue weighted by molar-refractivity contribution is 0.0953. The summed E-state index contributed by atoms with van der Waals surface area (Å²) in [6.45, 7) is 0.664. The number of amides is 1. The highest BCUT2D eigenvalue weighted by Crippen LogP contribution is 2.09. The summed E-state index contributed by atoms with van der Waals surface area (Å²) in [5.74, 6) is -0.154. The average Bonchev–Trinajstić information content (AvgIpc) is 2.27. The normalized spacial score (nSPS) is 11.2. The minimum absolute atomic E-state index is 0.101. The van der Waals surface area contributed by atoms with Crippen LogP contribution in [-0.4, -0.2) is 38.8 Å². The van der Waals surface area contributed by atoms with E-state index in [9.17, 15) is 13.2 Å². The highest BCUT2D eigenvalue weighted by molar-refractivity contribution is 7.88. The molecule has 18 heavy (non-hydrogen) atoms. The third-order valence-electron chi connectivity index (χ3n) is 2.13. The third kappa shape index (κ3) is 5.65. The van der Waals surface area contributed by atoms with Crippen molar-refractivity contribution < 1.29 is 18.3 Å². The van der Waals surface area contributed by atoms with Crippen molar-refractivity contribution in [3.05, 3.63) is 29.8 Å². The Morgan fingerprint density at radius 3 is 2.39 bits per heavy atom. The first kappa shape index (κ1) is 14.5. The Kier molecular flexibility index (Phi) is 5.11. The number of sulfonamides is 1. The number of hydrogen-bond acceptors (Lipinski definition) is 4. The SMILES string of the molecule is CS(=O)(=O)NCCCNC(=O)c1ccc(O)cc1. The molecule has 0 spiro atoms. The Labute approximate surface area is 106 Å². The zero-order chi connectivity index (χ0) is 13.6. The van der Waals surface area contributed by atoms with Gasteiger partial charge in [0.2, 0.25) is 10.0 Å². The maximum atomic E-state index is 11.6. The standard InChI is InChI=1S/C11H16N2O4S/c1-18(16,17)13-8-2-7-12-11(15)9-3-5-10(14)6-4-9/h3-6,13-14H,2,7-8H2,1H3,(H,12,15). The van der Waals surface area contributed by atoms with Crippen molar-refractivity contribution in [3.8, 4) is 5.75 Å². The molecule has 0 radical (unpaired) electrons. The van der Waals surface area contributed by atoms with E-state index in [-0.39, 0.29) is 18.2 Å². The molecule has 0 saturated heterocycles. The zero-order valence-electron chi connectivity index (χ0n) is 10.0. The van der Waals surface area contributed by atoms with Gasteiger partial charge < -0.3 is 10.4 Å². The van der Waals surface area contributed by atoms with Crippen molar-refractivity contribution in [3.63, 3.8) is 0 Å². The topological polar surface area (TPSA) is 95.5 Å². The Morgan fingerprint density at radius 2 is 1.83 bits per heavy atom. The van der Waals surface area contributed by atoms with Crippen LogP contribution in [0, 0.1) is 0 Å². The number of hydrogen-bond donors (Lipinski definition) is 3. The van der Waals surface area contributed by atoms with Gasteiger partial charge in [-0.1, -0.05) is 0 Å². The summed E-state index contributed by atoms with van der Waals surface area (Å²) < 4.78 is 23.8. The maximum absolute atomic E-state index is 11.6. The van der Waals surface area contributed by atoms with Gasteiger partial charge in [-0.15, -0.1) is 0 Å². The van der Waals surface area contributed by atoms with E-state index in [4.69, 9.17) is 5.11 Å². The average molecular weight is 272 g/mol. The smallest absolute Gasteiger partial charge is 0.251 e. The van der Waals surface area contributed by atoms with Gasteiger partial charge in [-0.3, -0.25) is 4.79 Å². The predicted octanol–water partition coefficient (Wildman–Crippen LogP) is 0.0613. The van der Waals surface area contributed by atoms with Crippen LogP contribution in [-0.2, 0) is 10.0 Å². The van der Waals surface area contributed by atoms with Crippen molar-refractivity contribution in [2.75, 3.05) is 19.3 Å². The fourth-order valence-corrected chi connectivity index (χ4v) is 1.78. The Morgan fingerprint density at radius 1 is 1.22 bits per heavy atom. The summed E-state index contributed by atoms with van der Waals surface area (Å²) >= 11 is 0. The molecular weight excluding hydrogens is 256 g/mol. The van der Waals surface area contributed by atoms with Gasteiger partial charge in [-0.25, -0.2) is 13.1 Å². The molecule has 0 atom stereocenters. The Bertz CT molecular complexity index is 496. The molecule has 0 bridgehead atoms. The van der Waals surface area contributed by atoms with Crippen molar-refractivity contribution in [1.29, 1.82) is 0 Å². The van der Waals surface area contributed by atoms with E-state index in [0.29, 0.717) is 18.5 Å². The minimum Gasteiger partial charge on any atom is -0.508 e. The molecule has 0 fully saturated rings. The summed E-state index contributed by atoms with van der Waals surface area (Å²) in [4.78, 5) is 11.6. The van der Waals surface area contributed by atoms with Gasteiger partial charge in [0.25, 0.3) is 5.91 Å². The van der Waals surface area contributed by atoms with E-state index >= 15 is 0 Å². The molecule has 0 unspecified atom stereocenters. The molecule has 1 amide bonds. The first-order valence-corrected chi connectivity index (χ1v) is 7.29. The molecular formula is C11H16N2O4S. The fraction of sp³-hybridized carbons (Fsp3) is 0.364. The molecule has 0 heterocycles. The molecule has 1 aromatic rings. The Balaban J connectivity index is 2.28. The number of phenols is 1. The van der Waals surface area contributed by atoms with E-state index < -0.39 is 10.0 Å². The minimum atomic E-state index is -3.17. The highest BCUT2D eigenvalue weighted by Gasteiger charge is 2.04. The van der Waals surface area contributed by atoms with Gasteiger partial charge in [0.15, 0.2) is 0 Å². The third-order valence-corrected chi connectivity index (χ3v) is 2.86. The van der Waals surface area contributed by atoms with Crippen LogP contribution in [0.25, 0.3) is 0 Å². The van der Waals surface area contributed by atoms with E-state index in [1.54, 1.807) is 0 Å². The van der Waals surface area contributed by atoms with Crippen molar-refractivity contribution in [1.82, 2.24) is 10.0 Å². The summed E-state index contributed by atoms with van der Waals surface area (Å²) in [6.07, 6.45) is 1.60. The first-order valence-electron chi connectivity index (χ1n) is 5.40. The molecule has 0 aliphatic carbocycles. The molecule has 6 nitrogen and oxygen atoms in total. The van der Waals surface area contributed by atoms with Crippen LogP contribution in [0.5, 0.6) is 5.75 Å². The first-order chi connectivity index (χ1) is 8.38. The summed E-state index contributed by atoms with van der Waals surface area (Å²) in [5, 5.41) is 11.7. The lowest BCUT2D eigenvalue weighted by Crippen LogP contribution is -2.29. The van der Waals surface area contributed by atoms with Crippen LogP contribution >= 0.6 is 0 Å². The Hall–Kier alpha value is -1.60.